The Labute approximate surface area is 200 Å². The maximum Gasteiger partial charge on any atom is 0.255 e. The highest BCUT2D eigenvalue weighted by Crippen LogP contribution is 2.30. The van der Waals surface area contributed by atoms with Gasteiger partial charge in [0.1, 0.15) is 5.75 Å². The number of hydrogen-bond donors (Lipinski definition) is 0. The molecule has 0 spiro atoms. The van der Waals surface area contributed by atoms with Crippen LogP contribution in [0.5, 0.6) is 5.75 Å². The number of carbonyl (C=O) groups excluding carboxylic acids is 1. The first-order valence-electron chi connectivity index (χ1n) is 11.7. The van der Waals surface area contributed by atoms with Crippen molar-refractivity contribution in [2.45, 2.75) is 13.0 Å². The van der Waals surface area contributed by atoms with Gasteiger partial charge in [-0.1, -0.05) is 60.7 Å². The normalized spacial score (nSPS) is 14.5. The van der Waals surface area contributed by atoms with E-state index in [2.05, 4.69) is 70.5 Å². The number of nitrogens with zero attached hydrogens (tertiary/aromatic N) is 3. The average molecular weight is 452 g/mol. The van der Waals surface area contributed by atoms with Gasteiger partial charge in [0.2, 0.25) is 0 Å². The molecule has 1 aliphatic rings. The van der Waals surface area contributed by atoms with Gasteiger partial charge in [0.15, 0.2) is 0 Å². The maximum absolute atomic E-state index is 13.5. The number of fused-ring (bicyclic) bond motifs is 1. The quantitative estimate of drug-likeness (QED) is 0.424. The third-order valence-corrected chi connectivity index (χ3v) is 6.64. The van der Waals surface area contributed by atoms with Crippen LogP contribution in [-0.4, -0.2) is 54.0 Å². The van der Waals surface area contributed by atoms with Crippen molar-refractivity contribution in [3.8, 4) is 5.75 Å². The highest BCUT2D eigenvalue weighted by Gasteiger charge is 2.29. The van der Waals surface area contributed by atoms with E-state index in [0.29, 0.717) is 18.7 Å². The van der Waals surface area contributed by atoms with Crippen molar-refractivity contribution in [2.75, 3.05) is 33.3 Å². The van der Waals surface area contributed by atoms with E-state index in [0.717, 1.165) is 35.4 Å². The van der Waals surface area contributed by atoms with Crippen LogP contribution in [0.25, 0.3) is 10.9 Å². The summed E-state index contributed by atoms with van der Waals surface area (Å²) in [6, 6.07) is 29.1. The molecule has 0 N–H and O–H groups in total. The van der Waals surface area contributed by atoms with Gasteiger partial charge in [-0.2, -0.15) is 0 Å². The summed E-state index contributed by atoms with van der Waals surface area (Å²) in [4.78, 5) is 22.6. The molecule has 5 rings (SSSR count). The molecule has 5 nitrogen and oxygen atoms in total. The van der Waals surface area contributed by atoms with Crippen molar-refractivity contribution in [1.82, 2.24) is 14.8 Å². The Morgan fingerprint density at radius 2 is 1.47 bits per heavy atom. The second-order valence-electron chi connectivity index (χ2n) is 8.73. The lowest BCUT2D eigenvalue weighted by Gasteiger charge is -2.40. The number of piperazine rings is 1. The minimum absolute atomic E-state index is 0.0466. The summed E-state index contributed by atoms with van der Waals surface area (Å²) >= 11 is 0. The molecule has 172 valence electrons. The zero-order valence-electron chi connectivity index (χ0n) is 19.6. The van der Waals surface area contributed by atoms with Crippen molar-refractivity contribution in [2.24, 2.45) is 0 Å². The molecule has 1 aliphatic heterocycles. The minimum Gasteiger partial charge on any atom is -0.497 e. The summed E-state index contributed by atoms with van der Waals surface area (Å²) in [6.07, 6.45) is 0. The lowest BCUT2D eigenvalue weighted by atomic mass is 9.96. The third-order valence-electron chi connectivity index (χ3n) is 6.64. The molecule has 4 aromatic rings. The molecule has 1 amide bonds. The van der Waals surface area contributed by atoms with Crippen LogP contribution in [0, 0.1) is 6.92 Å². The van der Waals surface area contributed by atoms with Crippen molar-refractivity contribution >= 4 is 16.8 Å². The lowest BCUT2D eigenvalue weighted by molar-refractivity contribution is 0.0596. The van der Waals surface area contributed by atoms with Crippen LogP contribution in [0.3, 0.4) is 0 Å². The van der Waals surface area contributed by atoms with Crippen LogP contribution in [0.15, 0.2) is 84.9 Å². The maximum atomic E-state index is 13.5. The Bertz CT molecular complexity index is 1240. The van der Waals surface area contributed by atoms with Crippen LogP contribution in [0.4, 0.5) is 0 Å². The predicted molar refractivity (Wildman–Crippen MR) is 135 cm³/mol. The van der Waals surface area contributed by atoms with E-state index in [-0.39, 0.29) is 11.9 Å². The van der Waals surface area contributed by atoms with Gasteiger partial charge in [0.05, 0.1) is 29.9 Å². The van der Waals surface area contributed by atoms with Crippen LogP contribution in [0.2, 0.25) is 0 Å². The van der Waals surface area contributed by atoms with Crippen LogP contribution >= 0.6 is 0 Å². The van der Waals surface area contributed by atoms with Crippen molar-refractivity contribution in [3.63, 3.8) is 0 Å². The van der Waals surface area contributed by atoms with E-state index in [9.17, 15) is 4.79 Å². The first-order valence-corrected chi connectivity index (χ1v) is 11.7. The van der Waals surface area contributed by atoms with Crippen LogP contribution in [-0.2, 0) is 0 Å². The lowest BCUT2D eigenvalue weighted by Crippen LogP contribution is -2.50. The molecule has 0 radical (unpaired) electrons. The first kappa shape index (κ1) is 22.1. The fourth-order valence-corrected chi connectivity index (χ4v) is 4.83. The van der Waals surface area contributed by atoms with Gasteiger partial charge in [-0.05, 0) is 42.3 Å². The first-order chi connectivity index (χ1) is 16.6. The summed E-state index contributed by atoms with van der Waals surface area (Å²) in [5.41, 5.74) is 4.84. The summed E-state index contributed by atoms with van der Waals surface area (Å²) in [7, 11) is 1.65. The Morgan fingerprint density at radius 3 is 2.06 bits per heavy atom. The summed E-state index contributed by atoms with van der Waals surface area (Å²) < 4.78 is 5.35. The third kappa shape index (κ3) is 4.39. The largest absolute Gasteiger partial charge is 0.497 e. The zero-order chi connectivity index (χ0) is 23.5. The molecular weight excluding hydrogens is 422 g/mol. The Balaban J connectivity index is 1.36. The number of amides is 1. The minimum atomic E-state index is 0.0466. The molecule has 0 atom stereocenters. The smallest absolute Gasteiger partial charge is 0.255 e. The Kier molecular flexibility index (Phi) is 6.28. The Hall–Kier alpha value is -3.70. The number of hydrogen-bond acceptors (Lipinski definition) is 4. The topological polar surface area (TPSA) is 45.7 Å². The van der Waals surface area contributed by atoms with Gasteiger partial charge in [-0.15, -0.1) is 0 Å². The second-order valence-corrected chi connectivity index (χ2v) is 8.73. The SMILES string of the molecule is COc1ccc2nc(C)c(C(=O)N3CCN(C(c4ccccc4)c4ccccc4)CC3)cc2c1. The zero-order valence-corrected chi connectivity index (χ0v) is 19.6. The number of aryl methyl sites for hydroxylation is 1. The molecular formula is C29H29N3O2. The number of aromatic nitrogens is 1. The van der Waals surface area contributed by atoms with Crippen molar-refractivity contribution in [3.05, 3.63) is 107 Å². The van der Waals surface area contributed by atoms with E-state index in [1.54, 1.807) is 7.11 Å². The molecule has 0 unspecified atom stereocenters. The van der Waals surface area contributed by atoms with Gasteiger partial charge >= 0.3 is 0 Å². The van der Waals surface area contributed by atoms with Crippen molar-refractivity contribution in [1.29, 1.82) is 0 Å². The van der Waals surface area contributed by atoms with Gasteiger partial charge < -0.3 is 9.64 Å². The highest BCUT2D eigenvalue weighted by atomic mass is 16.5. The molecule has 5 heteroatoms. The van der Waals surface area contributed by atoms with E-state index in [1.807, 2.05) is 36.1 Å². The molecule has 0 saturated carbocycles. The molecule has 34 heavy (non-hydrogen) atoms. The summed E-state index contributed by atoms with van der Waals surface area (Å²) in [6.45, 7) is 4.91. The van der Waals surface area contributed by atoms with Crippen LogP contribution in [0.1, 0.15) is 33.2 Å². The highest BCUT2D eigenvalue weighted by molar-refractivity contribution is 5.99. The molecule has 1 saturated heterocycles. The fraction of sp³-hybridized carbons (Fsp3) is 0.241. The van der Waals surface area contributed by atoms with Crippen LogP contribution < -0.4 is 4.74 Å². The second kappa shape index (κ2) is 9.65. The predicted octanol–water partition coefficient (Wildman–Crippen LogP) is 5.10. The van der Waals surface area contributed by atoms with Gasteiger partial charge in [0, 0.05) is 31.6 Å². The molecule has 0 aliphatic carbocycles. The van der Waals surface area contributed by atoms with E-state index >= 15 is 0 Å². The summed E-state index contributed by atoms with van der Waals surface area (Å²) in [5, 5.41) is 0.917. The number of carbonyl (C=O) groups is 1. The van der Waals surface area contributed by atoms with Gasteiger partial charge in [-0.25, -0.2) is 0 Å². The van der Waals surface area contributed by atoms with E-state index in [4.69, 9.17) is 4.74 Å². The molecule has 3 aromatic carbocycles. The molecule has 0 bridgehead atoms. The molecule has 1 fully saturated rings. The van der Waals surface area contributed by atoms with Gasteiger partial charge in [0.25, 0.3) is 5.91 Å². The van der Waals surface area contributed by atoms with Gasteiger partial charge in [-0.3, -0.25) is 14.7 Å². The fourth-order valence-electron chi connectivity index (χ4n) is 4.83. The molecule has 1 aromatic heterocycles. The standard InChI is InChI=1S/C29H29N3O2/c1-21-26(20-24-19-25(34-2)13-14-27(24)30-21)29(33)32-17-15-31(16-18-32)28(22-9-5-3-6-10-22)23-11-7-4-8-12-23/h3-14,19-20,28H,15-18H2,1-2H3. The van der Waals surface area contributed by atoms with Crippen molar-refractivity contribution < 1.29 is 9.53 Å². The number of methoxy groups -OCH3 is 1. The van der Waals surface area contributed by atoms with E-state index in [1.165, 1.54) is 11.1 Å². The van der Waals surface area contributed by atoms with E-state index < -0.39 is 0 Å². The number of pyridine rings is 1. The number of rotatable bonds is 5. The summed E-state index contributed by atoms with van der Waals surface area (Å²) in [5.74, 6) is 0.809. The molecule has 2 heterocycles. The number of ether oxygens (including phenoxy) is 1. The monoisotopic (exact) mass is 451 g/mol. The number of benzene rings is 3. The Morgan fingerprint density at radius 1 is 0.853 bits per heavy atom. The average Bonchev–Trinajstić information content (AvgIpc) is 2.89.